The summed E-state index contributed by atoms with van der Waals surface area (Å²) in [5.74, 6) is 1.05. The number of rotatable bonds is 3. The Balaban J connectivity index is 2.12. The average molecular weight is 385 g/mol. The maximum absolute atomic E-state index is 12.2. The zero-order valence-corrected chi connectivity index (χ0v) is 14.4. The average Bonchev–Trinajstić information content (AvgIpc) is 2.66. The van der Waals surface area contributed by atoms with Crippen molar-refractivity contribution in [3.63, 3.8) is 0 Å². The van der Waals surface area contributed by atoms with Crippen molar-refractivity contribution in [2.24, 2.45) is 4.99 Å². The van der Waals surface area contributed by atoms with Crippen LogP contribution in [-0.4, -0.2) is 27.7 Å². The number of hydrogen-bond donors (Lipinski definition) is 0. The van der Waals surface area contributed by atoms with Crippen LogP contribution in [0.5, 0.6) is 0 Å². The van der Waals surface area contributed by atoms with E-state index in [1.54, 1.807) is 10.7 Å². The third-order valence-corrected chi connectivity index (χ3v) is 4.17. The topological polar surface area (TPSA) is 48.5 Å². The molecule has 0 N–H and O–H groups in total. The van der Waals surface area contributed by atoms with E-state index in [-0.39, 0.29) is 5.56 Å². The maximum Gasteiger partial charge on any atom is 0.267 e. The van der Waals surface area contributed by atoms with Gasteiger partial charge in [0.25, 0.3) is 5.56 Å². The van der Waals surface area contributed by atoms with Gasteiger partial charge in [-0.2, -0.15) is 0 Å². The number of benzene rings is 1. The molecule has 0 radical (unpaired) electrons. The van der Waals surface area contributed by atoms with Crippen molar-refractivity contribution in [3.8, 4) is 5.69 Å². The molecule has 0 bridgehead atoms. The zero-order chi connectivity index (χ0) is 15.7. The standard InChI is InChI=1S/C15H15BrClN3O2/c1-10-7-15(21)19-9-14(22-6-2-5-17)18-12-8-11(16)3-4-13(12)20(10)19/h3-4,7-8H,2,5-6,9H2,1H3. The number of aryl methyl sites for hydroxylation is 1. The minimum Gasteiger partial charge on any atom is -0.479 e. The predicted octanol–water partition coefficient (Wildman–Crippen LogP) is 3.40. The van der Waals surface area contributed by atoms with Crippen molar-refractivity contribution in [1.82, 2.24) is 9.36 Å². The van der Waals surface area contributed by atoms with Crippen LogP contribution in [0.3, 0.4) is 0 Å². The first kappa shape index (κ1) is 15.4. The zero-order valence-electron chi connectivity index (χ0n) is 12.1. The smallest absolute Gasteiger partial charge is 0.267 e. The Morgan fingerprint density at radius 2 is 2.23 bits per heavy atom. The molecule has 116 valence electrons. The van der Waals surface area contributed by atoms with Gasteiger partial charge in [-0.25, -0.2) is 9.67 Å². The second kappa shape index (κ2) is 6.30. The number of nitrogens with zero attached hydrogens (tertiary/aromatic N) is 3. The molecule has 2 heterocycles. The molecule has 2 aromatic rings. The minimum atomic E-state index is -0.0677. The lowest BCUT2D eigenvalue weighted by Gasteiger charge is -2.12. The van der Waals surface area contributed by atoms with E-state index in [9.17, 15) is 4.79 Å². The highest BCUT2D eigenvalue weighted by Crippen LogP contribution is 2.30. The van der Waals surface area contributed by atoms with Gasteiger partial charge in [-0.3, -0.25) is 9.48 Å². The Labute approximate surface area is 141 Å². The van der Waals surface area contributed by atoms with Crippen LogP contribution < -0.4 is 5.56 Å². The first-order chi connectivity index (χ1) is 10.6. The number of aromatic nitrogens is 2. The third kappa shape index (κ3) is 2.85. The molecule has 0 unspecified atom stereocenters. The number of alkyl halides is 1. The minimum absolute atomic E-state index is 0.0677. The fraction of sp³-hybridized carbons (Fsp3) is 0.333. The van der Waals surface area contributed by atoms with Crippen LogP contribution in [0.25, 0.3) is 5.69 Å². The van der Waals surface area contributed by atoms with Gasteiger partial charge in [0.15, 0.2) is 0 Å². The SMILES string of the molecule is Cc1cc(=O)n2n1-c1ccc(Br)cc1N=C(OCCCCl)C2. The van der Waals surface area contributed by atoms with E-state index in [1.807, 2.05) is 29.8 Å². The molecule has 7 heteroatoms. The number of ether oxygens (including phenoxy) is 1. The van der Waals surface area contributed by atoms with E-state index in [4.69, 9.17) is 16.3 Å². The molecule has 0 fully saturated rings. The molecule has 3 rings (SSSR count). The second-order valence-corrected chi connectivity index (χ2v) is 6.32. The molecule has 0 amide bonds. The molecular weight excluding hydrogens is 370 g/mol. The van der Waals surface area contributed by atoms with Crippen LogP contribution >= 0.6 is 27.5 Å². The summed E-state index contributed by atoms with van der Waals surface area (Å²) < 4.78 is 10.1. The normalized spacial score (nSPS) is 13.1. The molecule has 1 aliphatic rings. The number of halogens is 2. The van der Waals surface area contributed by atoms with Crippen molar-refractivity contribution in [2.75, 3.05) is 12.5 Å². The molecule has 1 aromatic carbocycles. The van der Waals surface area contributed by atoms with Crippen LogP contribution in [0.1, 0.15) is 12.1 Å². The molecule has 0 atom stereocenters. The van der Waals surface area contributed by atoms with Gasteiger partial charge in [0, 0.05) is 22.1 Å². The van der Waals surface area contributed by atoms with E-state index >= 15 is 0 Å². The Morgan fingerprint density at radius 3 is 3.00 bits per heavy atom. The fourth-order valence-corrected chi connectivity index (χ4v) is 2.92. The van der Waals surface area contributed by atoms with Gasteiger partial charge >= 0.3 is 0 Å². The lowest BCUT2D eigenvalue weighted by molar-refractivity contribution is 0.291. The number of fused-ring (bicyclic) bond motifs is 3. The van der Waals surface area contributed by atoms with Crippen LogP contribution in [0.4, 0.5) is 5.69 Å². The predicted molar refractivity (Wildman–Crippen MR) is 90.9 cm³/mol. The first-order valence-electron chi connectivity index (χ1n) is 6.96. The van der Waals surface area contributed by atoms with Crippen molar-refractivity contribution >= 4 is 39.1 Å². The van der Waals surface area contributed by atoms with E-state index in [0.29, 0.717) is 24.9 Å². The van der Waals surface area contributed by atoms with Gasteiger partial charge in [0.1, 0.15) is 6.54 Å². The van der Waals surface area contributed by atoms with E-state index in [2.05, 4.69) is 20.9 Å². The highest BCUT2D eigenvalue weighted by molar-refractivity contribution is 9.10. The maximum atomic E-state index is 12.2. The monoisotopic (exact) mass is 383 g/mol. The molecule has 0 saturated heterocycles. The number of aliphatic imine (C=N–C) groups is 1. The molecule has 1 aromatic heterocycles. The summed E-state index contributed by atoms with van der Waals surface area (Å²) in [6.07, 6.45) is 0.737. The Hall–Kier alpha value is -1.53. The Morgan fingerprint density at radius 1 is 1.41 bits per heavy atom. The summed E-state index contributed by atoms with van der Waals surface area (Å²) >= 11 is 9.14. The van der Waals surface area contributed by atoms with Crippen LogP contribution in [-0.2, 0) is 11.3 Å². The second-order valence-electron chi connectivity index (χ2n) is 5.02. The molecule has 5 nitrogen and oxygen atoms in total. The molecule has 1 aliphatic heterocycles. The highest BCUT2D eigenvalue weighted by atomic mass is 79.9. The summed E-state index contributed by atoms with van der Waals surface area (Å²) in [5, 5.41) is 0. The van der Waals surface area contributed by atoms with Gasteiger partial charge in [0.2, 0.25) is 5.90 Å². The van der Waals surface area contributed by atoms with E-state index in [0.717, 1.165) is 28.0 Å². The molecule has 0 spiro atoms. The summed E-state index contributed by atoms with van der Waals surface area (Å²) in [6.45, 7) is 2.70. The van der Waals surface area contributed by atoms with Gasteiger partial charge in [-0.15, -0.1) is 11.6 Å². The lowest BCUT2D eigenvalue weighted by atomic mass is 10.2. The summed E-state index contributed by atoms with van der Waals surface area (Å²) in [4.78, 5) is 16.8. The molecular formula is C15H15BrClN3O2. The van der Waals surface area contributed by atoms with E-state index < -0.39 is 0 Å². The van der Waals surface area contributed by atoms with Crippen molar-refractivity contribution in [1.29, 1.82) is 0 Å². The molecule has 0 aliphatic carbocycles. The summed E-state index contributed by atoms with van der Waals surface area (Å²) in [7, 11) is 0. The molecule has 22 heavy (non-hydrogen) atoms. The lowest BCUT2D eigenvalue weighted by Crippen LogP contribution is -2.26. The van der Waals surface area contributed by atoms with Crippen molar-refractivity contribution in [2.45, 2.75) is 19.9 Å². The highest BCUT2D eigenvalue weighted by Gasteiger charge is 2.19. The largest absolute Gasteiger partial charge is 0.479 e. The quantitative estimate of drug-likeness (QED) is 0.601. The summed E-state index contributed by atoms with van der Waals surface area (Å²) in [6, 6.07) is 7.41. The van der Waals surface area contributed by atoms with Crippen LogP contribution in [0, 0.1) is 6.92 Å². The van der Waals surface area contributed by atoms with Crippen LogP contribution in [0.2, 0.25) is 0 Å². The van der Waals surface area contributed by atoms with Gasteiger partial charge in [-0.1, -0.05) is 15.9 Å². The van der Waals surface area contributed by atoms with Crippen molar-refractivity contribution < 1.29 is 4.74 Å². The third-order valence-electron chi connectivity index (χ3n) is 3.40. The molecule has 0 saturated carbocycles. The summed E-state index contributed by atoms with van der Waals surface area (Å²) in [5.41, 5.74) is 2.42. The fourth-order valence-electron chi connectivity index (χ4n) is 2.46. The van der Waals surface area contributed by atoms with Crippen LogP contribution in [0.15, 0.2) is 38.5 Å². The van der Waals surface area contributed by atoms with Gasteiger partial charge in [-0.05, 0) is 31.5 Å². The Bertz CT molecular complexity index is 795. The van der Waals surface area contributed by atoms with Gasteiger partial charge in [0.05, 0.1) is 18.0 Å². The van der Waals surface area contributed by atoms with Gasteiger partial charge < -0.3 is 4.74 Å². The first-order valence-corrected chi connectivity index (χ1v) is 8.28. The van der Waals surface area contributed by atoms with Crippen molar-refractivity contribution in [3.05, 3.63) is 44.8 Å². The Kier molecular flexibility index (Phi) is 4.40. The number of hydrogen-bond acceptors (Lipinski definition) is 3. The van der Waals surface area contributed by atoms with E-state index in [1.165, 1.54) is 0 Å².